The van der Waals surface area contributed by atoms with E-state index < -0.39 is 11.9 Å². The highest BCUT2D eigenvalue weighted by atomic mass is 16.5. The Labute approximate surface area is 89.8 Å². The van der Waals surface area contributed by atoms with Crippen LogP contribution in [0.15, 0.2) is 0 Å². The summed E-state index contributed by atoms with van der Waals surface area (Å²) in [6, 6.07) is 0.262. The van der Waals surface area contributed by atoms with Gasteiger partial charge in [0, 0.05) is 25.2 Å². The van der Waals surface area contributed by atoms with Gasteiger partial charge >= 0.3 is 11.9 Å². The Morgan fingerprint density at radius 3 is 2.73 bits per heavy atom. The van der Waals surface area contributed by atoms with Gasteiger partial charge in [-0.15, -0.1) is 0 Å². The van der Waals surface area contributed by atoms with Crippen molar-refractivity contribution in [1.29, 1.82) is 0 Å². The van der Waals surface area contributed by atoms with Crippen LogP contribution in [-0.2, 0) is 14.3 Å². The van der Waals surface area contributed by atoms with E-state index in [-0.39, 0.29) is 18.7 Å². The summed E-state index contributed by atoms with van der Waals surface area (Å²) in [6.45, 7) is 7.09. The Balaban J connectivity index is 2.60. The molecule has 0 aromatic carbocycles. The van der Waals surface area contributed by atoms with Crippen molar-refractivity contribution in [1.82, 2.24) is 10.2 Å². The molecule has 1 aliphatic rings. The second-order valence-electron chi connectivity index (χ2n) is 3.84. The van der Waals surface area contributed by atoms with E-state index in [1.54, 1.807) is 11.8 Å². The summed E-state index contributed by atoms with van der Waals surface area (Å²) >= 11 is 0. The minimum absolute atomic E-state index is 0.0399. The Bertz CT molecular complexity index is 255. The highest BCUT2D eigenvalue weighted by Gasteiger charge is 2.31. The molecule has 5 heteroatoms. The Morgan fingerprint density at radius 2 is 2.13 bits per heavy atom. The minimum atomic E-state index is -0.751. The number of hydrogen-bond acceptors (Lipinski definition) is 4. The SMILES string of the molecule is CCOC(=O)C(=O)N1C[C@@H](C)NC[C@@H]1C. The predicted molar refractivity (Wildman–Crippen MR) is 55.3 cm³/mol. The van der Waals surface area contributed by atoms with Crippen molar-refractivity contribution in [2.24, 2.45) is 0 Å². The number of amides is 1. The Hall–Kier alpha value is -1.10. The second-order valence-corrected chi connectivity index (χ2v) is 3.84. The van der Waals surface area contributed by atoms with E-state index in [4.69, 9.17) is 0 Å². The summed E-state index contributed by atoms with van der Waals surface area (Å²) in [5, 5.41) is 3.24. The number of nitrogens with zero attached hydrogens (tertiary/aromatic N) is 1. The first-order valence-electron chi connectivity index (χ1n) is 5.27. The lowest BCUT2D eigenvalue weighted by Crippen LogP contribution is -2.57. The normalized spacial score (nSPS) is 26.2. The van der Waals surface area contributed by atoms with Crippen LogP contribution in [0.4, 0.5) is 0 Å². The van der Waals surface area contributed by atoms with Crippen LogP contribution >= 0.6 is 0 Å². The number of hydrogen-bond donors (Lipinski definition) is 1. The van der Waals surface area contributed by atoms with Gasteiger partial charge in [-0.2, -0.15) is 0 Å². The minimum Gasteiger partial charge on any atom is -0.459 e. The first kappa shape index (κ1) is 12.0. The molecule has 0 unspecified atom stereocenters. The maximum absolute atomic E-state index is 11.7. The molecule has 0 radical (unpaired) electrons. The molecule has 1 heterocycles. The summed E-state index contributed by atoms with van der Waals surface area (Å²) in [5.41, 5.74) is 0. The summed E-state index contributed by atoms with van der Waals surface area (Å²) in [6.07, 6.45) is 0. The van der Waals surface area contributed by atoms with Gasteiger partial charge in [0.1, 0.15) is 0 Å². The van der Waals surface area contributed by atoms with E-state index in [2.05, 4.69) is 10.1 Å². The van der Waals surface area contributed by atoms with E-state index in [1.807, 2.05) is 13.8 Å². The van der Waals surface area contributed by atoms with Gasteiger partial charge in [0.15, 0.2) is 0 Å². The molecule has 86 valence electrons. The molecule has 1 amide bonds. The third-order valence-corrected chi connectivity index (χ3v) is 2.48. The van der Waals surface area contributed by atoms with Gasteiger partial charge in [-0.3, -0.25) is 4.79 Å². The fraction of sp³-hybridized carbons (Fsp3) is 0.800. The summed E-state index contributed by atoms with van der Waals surface area (Å²) in [5.74, 6) is -1.28. The van der Waals surface area contributed by atoms with Crippen LogP contribution in [0.1, 0.15) is 20.8 Å². The standard InChI is InChI=1S/C10H18N2O3/c1-4-15-10(14)9(13)12-6-7(2)11-5-8(12)3/h7-8,11H,4-6H2,1-3H3/t7-,8+/m1/s1. The topological polar surface area (TPSA) is 58.6 Å². The van der Waals surface area contributed by atoms with Gasteiger partial charge in [0.05, 0.1) is 6.61 Å². The van der Waals surface area contributed by atoms with Gasteiger partial charge in [0.25, 0.3) is 0 Å². The number of carbonyl (C=O) groups is 2. The quantitative estimate of drug-likeness (QED) is 0.483. The van der Waals surface area contributed by atoms with Crippen molar-refractivity contribution in [3.8, 4) is 0 Å². The molecule has 0 aliphatic carbocycles. The Morgan fingerprint density at radius 1 is 1.47 bits per heavy atom. The molecule has 1 saturated heterocycles. The zero-order valence-corrected chi connectivity index (χ0v) is 9.45. The molecule has 0 saturated carbocycles. The van der Waals surface area contributed by atoms with Gasteiger partial charge in [-0.1, -0.05) is 0 Å². The van der Waals surface area contributed by atoms with Gasteiger partial charge in [0.2, 0.25) is 0 Å². The number of esters is 1. The van der Waals surface area contributed by atoms with Crippen LogP contribution in [-0.4, -0.2) is 48.6 Å². The largest absolute Gasteiger partial charge is 0.459 e. The van der Waals surface area contributed by atoms with E-state index in [0.717, 1.165) is 0 Å². The van der Waals surface area contributed by atoms with Crippen LogP contribution in [0.25, 0.3) is 0 Å². The molecule has 1 rings (SSSR count). The monoisotopic (exact) mass is 214 g/mol. The zero-order chi connectivity index (χ0) is 11.4. The molecule has 0 bridgehead atoms. The van der Waals surface area contributed by atoms with Crippen molar-refractivity contribution in [2.45, 2.75) is 32.9 Å². The van der Waals surface area contributed by atoms with Crippen LogP contribution in [0, 0.1) is 0 Å². The van der Waals surface area contributed by atoms with Crippen LogP contribution in [0.3, 0.4) is 0 Å². The third kappa shape index (κ3) is 2.92. The van der Waals surface area contributed by atoms with Crippen LogP contribution in [0.5, 0.6) is 0 Å². The van der Waals surface area contributed by atoms with E-state index in [0.29, 0.717) is 13.1 Å². The first-order valence-corrected chi connectivity index (χ1v) is 5.27. The fourth-order valence-electron chi connectivity index (χ4n) is 1.61. The van der Waals surface area contributed by atoms with Crippen LogP contribution < -0.4 is 5.32 Å². The number of piperazine rings is 1. The third-order valence-electron chi connectivity index (χ3n) is 2.48. The lowest BCUT2D eigenvalue weighted by molar-refractivity contribution is -0.161. The molecule has 5 nitrogen and oxygen atoms in total. The van der Waals surface area contributed by atoms with E-state index >= 15 is 0 Å². The molecule has 0 aromatic rings. The van der Waals surface area contributed by atoms with E-state index in [9.17, 15) is 9.59 Å². The van der Waals surface area contributed by atoms with Crippen molar-refractivity contribution in [3.05, 3.63) is 0 Å². The lowest BCUT2D eigenvalue weighted by atomic mass is 10.1. The molecule has 2 atom stereocenters. The molecule has 0 spiro atoms. The molecular weight excluding hydrogens is 196 g/mol. The van der Waals surface area contributed by atoms with Crippen molar-refractivity contribution >= 4 is 11.9 Å². The number of carbonyl (C=O) groups excluding carboxylic acids is 2. The number of nitrogens with one attached hydrogen (secondary N) is 1. The van der Waals surface area contributed by atoms with Crippen molar-refractivity contribution in [3.63, 3.8) is 0 Å². The predicted octanol–water partition coefficient (Wildman–Crippen LogP) is -0.242. The molecule has 15 heavy (non-hydrogen) atoms. The highest BCUT2D eigenvalue weighted by Crippen LogP contribution is 2.07. The van der Waals surface area contributed by atoms with Gasteiger partial charge < -0.3 is 15.0 Å². The zero-order valence-electron chi connectivity index (χ0n) is 9.45. The van der Waals surface area contributed by atoms with Crippen molar-refractivity contribution in [2.75, 3.05) is 19.7 Å². The average Bonchev–Trinajstić information content (AvgIpc) is 2.21. The summed E-state index contributed by atoms with van der Waals surface area (Å²) < 4.78 is 4.69. The molecule has 1 fully saturated rings. The summed E-state index contributed by atoms with van der Waals surface area (Å²) in [4.78, 5) is 24.5. The number of rotatable bonds is 1. The smallest absolute Gasteiger partial charge is 0.397 e. The molecular formula is C10H18N2O3. The molecule has 1 N–H and O–H groups in total. The second kappa shape index (κ2) is 5.11. The Kier molecular flexibility index (Phi) is 4.08. The van der Waals surface area contributed by atoms with Gasteiger partial charge in [-0.05, 0) is 20.8 Å². The first-order chi connectivity index (χ1) is 7.06. The lowest BCUT2D eigenvalue weighted by Gasteiger charge is -2.36. The number of ether oxygens (including phenoxy) is 1. The van der Waals surface area contributed by atoms with Crippen molar-refractivity contribution < 1.29 is 14.3 Å². The maximum Gasteiger partial charge on any atom is 0.397 e. The average molecular weight is 214 g/mol. The maximum atomic E-state index is 11.7. The molecule has 0 aromatic heterocycles. The van der Waals surface area contributed by atoms with Crippen LogP contribution in [0.2, 0.25) is 0 Å². The van der Waals surface area contributed by atoms with Gasteiger partial charge in [-0.25, -0.2) is 4.79 Å². The summed E-state index contributed by atoms with van der Waals surface area (Å²) in [7, 11) is 0. The van der Waals surface area contributed by atoms with E-state index in [1.165, 1.54) is 0 Å². The molecule has 1 aliphatic heterocycles. The fourth-order valence-corrected chi connectivity index (χ4v) is 1.61. The highest BCUT2D eigenvalue weighted by molar-refractivity contribution is 6.32.